The number of hydrogen-bond donors (Lipinski definition) is 2. The summed E-state index contributed by atoms with van der Waals surface area (Å²) in [5.41, 5.74) is 1.82. The first-order valence-corrected chi connectivity index (χ1v) is 10.9. The molecule has 3 rings (SSSR count). The molecule has 0 saturated carbocycles. The predicted octanol–water partition coefficient (Wildman–Crippen LogP) is 3.20. The summed E-state index contributed by atoms with van der Waals surface area (Å²) >= 11 is 0. The predicted molar refractivity (Wildman–Crippen MR) is 106 cm³/mol. The molecule has 1 aliphatic heterocycles. The van der Waals surface area contributed by atoms with E-state index in [0.29, 0.717) is 24.1 Å². The van der Waals surface area contributed by atoms with Gasteiger partial charge >= 0.3 is 0 Å². The van der Waals surface area contributed by atoms with Crippen molar-refractivity contribution < 1.29 is 8.42 Å². The lowest BCUT2D eigenvalue weighted by atomic mass is 10.1. The Hall–Kier alpha value is -2.15. The van der Waals surface area contributed by atoms with Gasteiger partial charge in [0.25, 0.3) is 0 Å². The molecule has 140 valence electrons. The summed E-state index contributed by atoms with van der Waals surface area (Å²) in [4.78, 5) is 9.16. The van der Waals surface area contributed by atoms with Crippen LogP contribution in [-0.4, -0.2) is 42.5 Å². The minimum absolute atomic E-state index is 0.0953. The van der Waals surface area contributed by atoms with E-state index in [4.69, 9.17) is 0 Å². The van der Waals surface area contributed by atoms with Crippen LogP contribution in [0.4, 0.5) is 11.8 Å². The van der Waals surface area contributed by atoms with Crippen LogP contribution in [0.15, 0.2) is 36.4 Å². The van der Waals surface area contributed by atoms with Crippen LogP contribution in [0.25, 0.3) is 11.3 Å². The molecule has 6 nitrogen and oxygen atoms in total. The van der Waals surface area contributed by atoms with Gasteiger partial charge in [-0.05, 0) is 18.8 Å². The fourth-order valence-corrected chi connectivity index (χ4v) is 4.62. The average Bonchev–Trinajstić information content (AvgIpc) is 2.93. The van der Waals surface area contributed by atoms with E-state index in [9.17, 15) is 8.42 Å². The molecule has 1 atom stereocenters. The topological polar surface area (TPSA) is 84.0 Å². The summed E-state index contributed by atoms with van der Waals surface area (Å²) < 4.78 is 23.4. The number of anilines is 2. The number of nitrogens with one attached hydrogen (secondary N) is 2. The molecule has 0 amide bonds. The smallest absolute Gasteiger partial charge is 0.225 e. The van der Waals surface area contributed by atoms with Crippen LogP contribution in [-0.2, 0) is 9.84 Å². The largest absolute Gasteiger partial charge is 0.366 e. The Morgan fingerprint density at radius 3 is 2.62 bits per heavy atom. The molecule has 1 aromatic heterocycles. The van der Waals surface area contributed by atoms with E-state index in [0.717, 1.165) is 24.2 Å². The van der Waals surface area contributed by atoms with E-state index in [2.05, 4.69) is 34.4 Å². The molecule has 2 aromatic rings. The molecule has 0 aliphatic carbocycles. The van der Waals surface area contributed by atoms with Gasteiger partial charge in [0.2, 0.25) is 5.95 Å². The Morgan fingerprint density at radius 1 is 1.19 bits per heavy atom. The minimum atomic E-state index is -2.93. The van der Waals surface area contributed by atoms with E-state index < -0.39 is 9.84 Å². The van der Waals surface area contributed by atoms with Crippen molar-refractivity contribution in [1.82, 2.24) is 9.97 Å². The third-order valence-corrected chi connectivity index (χ3v) is 6.15. The van der Waals surface area contributed by atoms with Crippen molar-refractivity contribution in [2.24, 2.45) is 5.92 Å². The Bertz CT molecular complexity index is 838. The van der Waals surface area contributed by atoms with Crippen LogP contribution in [0.2, 0.25) is 0 Å². The maximum Gasteiger partial charge on any atom is 0.225 e. The first-order chi connectivity index (χ1) is 12.4. The SMILES string of the molecule is CC(C)CCNc1nc(NC2CCS(=O)(=O)C2)cc(-c2ccccc2)n1. The molecule has 1 unspecified atom stereocenters. The minimum Gasteiger partial charge on any atom is -0.366 e. The summed E-state index contributed by atoms with van der Waals surface area (Å²) in [7, 11) is -2.93. The highest BCUT2D eigenvalue weighted by Crippen LogP contribution is 2.23. The summed E-state index contributed by atoms with van der Waals surface area (Å²) in [5, 5.41) is 6.56. The van der Waals surface area contributed by atoms with Crippen molar-refractivity contribution in [1.29, 1.82) is 0 Å². The van der Waals surface area contributed by atoms with Gasteiger partial charge in [-0.3, -0.25) is 0 Å². The van der Waals surface area contributed by atoms with Gasteiger partial charge in [0.05, 0.1) is 17.2 Å². The Balaban J connectivity index is 1.82. The van der Waals surface area contributed by atoms with Crippen molar-refractivity contribution in [3.05, 3.63) is 36.4 Å². The van der Waals surface area contributed by atoms with Crippen molar-refractivity contribution in [3.63, 3.8) is 0 Å². The van der Waals surface area contributed by atoms with Gasteiger partial charge in [0, 0.05) is 24.2 Å². The number of hydrogen-bond acceptors (Lipinski definition) is 6. The summed E-state index contributed by atoms with van der Waals surface area (Å²) in [6.45, 7) is 5.15. The second kappa shape index (κ2) is 8.03. The van der Waals surface area contributed by atoms with Gasteiger partial charge in [0.1, 0.15) is 5.82 Å². The van der Waals surface area contributed by atoms with E-state index in [1.165, 1.54) is 0 Å². The third kappa shape index (κ3) is 5.17. The van der Waals surface area contributed by atoms with Gasteiger partial charge in [-0.25, -0.2) is 13.4 Å². The third-order valence-electron chi connectivity index (χ3n) is 4.38. The maximum atomic E-state index is 11.7. The van der Waals surface area contributed by atoms with Crippen LogP contribution in [0, 0.1) is 5.92 Å². The molecule has 2 N–H and O–H groups in total. The first-order valence-electron chi connectivity index (χ1n) is 9.06. The van der Waals surface area contributed by atoms with E-state index in [-0.39, 0.29) is 17.5 Å². The number of sulfone groups is 1. The van der Waals surface area contributed by atoms with Gasteiger partial charge in [0.15, 0.2) is 9.84 Å². The molecule has 26 heavy (non-hydrogen) atoms. The molecule has 0 radical (unpaired) electrons. The van der Waals surface area contributed by atoms with Gasteiger partial charge < -0.3 is 10.6 Å². The number of rotatable bonds is 7. The molecular formula is C19H26N4O2S. The van der Waals surface area contributed by atoms with Crippen LogP contribution < -0.4 is 10.6 Å². The molecule has 2 heterocycles. The lowest BCUT2D eigenvalue weighted by molar-refractivity contribution is 0.602. The zero-order chi connectivity index (χ0) is 18.6. The molecule has 1 aliphatic rings. The van der Waals surface area contributed by atoms with Crippen molar-refractivity contribution in [3.8, 4) is 11.3 Å². The Kier molecular flexibility index (Phi) is 5.76. The maximum absolute atomic E-state index is 11.7. The second-order valence-corrected chi connectivity index (χ2v) is 9.41. The molecule has 0 spiro atoms. The van der Waals surface area contributed by atoms with Gasteiger partial charge in [-0.2, -0.15) is 4.98 Å². The Morgan fingerprint density at radius 2 is 1.96 bits per heavy atom. The lowest BCUT2D eigenvalue weighted by Crippen LogP contribution is -2.21. The number of benzene rings is 1. The highest BCUT2D eigenvalue weighted by molar-refractivity contribution is 7.91. The van der Waals surface area contributed by atoms with Crippen molar-refractivity contribution in [2.75, 3.05) is 28.7 Å². The van der Waals surface area contributed by atoms with Crippen LogP contribution in [0.5, 0.6) is 0 Å². The summed E-state index contributed by atoms with van der Waals surface area (Å²) in [6.07, 6.45) is 1.64. The fourth-order valence-electron chi connectivity index (χ4n) is 2.95. The highest BCUT2D eigenvalue weighted by Gasteiger charge is 2.28. The molecular weight excluding hydrogens is 348 g/mol. The van der Waals surface area contributed by atoms with E-state index in [1.54, 1.807) is 0 Å². The van der Waals surface area contributed by atoms with E-state index in [1.807, 2.05) is 36.4 Å². The summed E-state index contributed by atoms with van der Waals surface area (Å²) in [5.74, 6) is 2.22. The summed E-state index contributed by atoms with van der Waals surface area (Å²) in [6, 6.07) is 11.7. The highest BCUT2D eigenvalue weighted by atomic mass is 32.2. The second-order valence-electron chi connectivity index (χ2n) is 7.18. The normalized spacial score (nSPS) is 18.8. The average molecular weight is 375 g/mol. The quantitative estimate of drug-likeness (QED) is 0.774. The fraction of sp³-hybridized carbons (Fsp3) is 0.474. The lowest BCUT2D eigenvalue weighted by Gasteiger charge is -2.15. The zero-order valence-corrected chi connectivity index (χ0v) is 16.1. The Labute approximate surface area is 155 Å². The number of nitrogens with zero attached hydrogens (tertiary/aromatic N) is 2. The molecule has 7 heteroatoms. The molecule has 0 bridgehead atoms. The monoisotopic (exact) mass is 374 g/mol. The van der Waals surface area contributed by atoms with Crippen LogP contribution >= 0.6 is 0 Å². The van der Waals surface area contributed by atoms with Crippen LogP contribution in [0.3, 0.4) is 0 Å². The van der Waals surface area contributed by atoms with Gasteiger partial charge in [-0.1, -0.05) is 44.2 Å². The van der Waals surface area contributed by atoms with Crippen LogP contribution in [0.1, 0.15) is 26.7 Å². The molecule has 1 aromatic carbocycles. The zero-order valence-electron chi connectivity index (χ0n) is 15.3. The standard InChI is InChI=1S/C19H26N4O2S/c1-14(2)8-10-20-19-22-17(15-6-4-3-5-7-15)12-18(23-19)21-16-9-11-26(24,25)13-16/h3-7,12,14,16H,8-11,13H2,1-2H3,(H2,20,21,22,23). The molecule has 1 fully saturated rings. The van der Waals surface area contributed by atoms with Crippen molar-refractivity contribution in [2.45, 2.75) is 32.7 Å². The van der Waals surface area contributed by atoms with Crippen molar-refractivity contribution >= 4 is 21.6 Å². The number of aromatic nitrogens is 2. The first kappa shape index (κ1) is 18.6. The molecule has 1 saturated heterocycles. The van der Waals surface area contributed by atoms with Gasteiger partial charge in [-0.15, -0.1) is 0 Å². The van der Waals surface area contributed by atoms with E-state index >= 15 is 0 Å².